The molecular weight excluding hydrogens is 182 g/mol. The molecule has 0 aromatic heterocycles. The Morgan fingerprint density at radius 1 is 1.23 bits per heavy atom. The van der Waals surface area contributed by atoms with Gasteiger partial charge in [0.1, 0.15) is 0 Å². The van der Waals surface area contributed by atoms with Crippen LogP contribution >= 0.6 is 11.8 Å². The van der Waals surface area contributed by atoms with Crippen LogP contribution in [0, 0.1) is 0 Å². The molecule has 64 valence electrons. The highest BCUT2D eigenvalue weighted by atomic mass is 32.2. The summed E-state index contributed by atoms with van der Waals surface area (Å²) in [6.07, 6.45) is 1.89. The Balaban J connectivity index is 2.22. The van der Waals surface area contributed by atoms with Crippen LogP contribution in [0.4, 0.5) is 0 Å². The summed E-state index contributed by atoms with van der Waals surface area (Å²) in [5.74, 6) is 0.920. The molecule has 0 saturated heterocycles. The highest BCUT2D eigenvalue weighted by Crippen LogP contribution is 2.40. The molecule has 2 aliphatic heterocycles. The summed E-state index contributed by atoms with van der Waals surface area (Å²) in [5, 5.41) is 2.02. The van der Waals surface area contributed by atoms with E-state index in [9.17, 15) is 0 Å². The highest BCUT2D eigenvalue weighted by Gasteiger charge is 2.21. The van der Waals surface area contributed by atoms with E-state index in [1.54, 1.807) is 11.8 Å². The van der Waals surface area contributed by atoms with E-state index in [4.69, 9.17) is 4.84 Å². The number of thioether (sulfide) groups is 1. The predicted molar refractivity (Wildman–Crippen MR) is 52.6 cm³/mol. The van der Waals surface area contributed by atoms with Crippen LogP contribution in [-0.2, 0) is 4.84 Å². The molecule has 3 heteroatoms. The van der Waals surface area contributed by atoms with Gasteiger partial charge in [0, 0.05) is 27.6 Å². The van der Waals surface area contributed by atoms with Gasteiger partial charge in [0.05, 0.1) is 0 Å². The Bertz CT molecular complexity index is 423. The van der Waals surface area contributed by atoms with Crippen molar-refractivity contribution in [3.8, 4) is 0 Å². The van der Waals surface area contributed by atoms with Gasteiger partial charge in [0.15, 0.2) is 5.76 Å². The number of nitrogens with one attached hydrogen (secondary N) is 1. The van der Waals surface area contributed by atoms with Gasteiger partial charge in [-0.25, -0.2) is 5.48 Å². The Labute approximate surface area is 80.2 Å². The predicted octanol–water partition coefficient (Wildman–Crippen LogP) is 2.51. The Morgan fingerprint density at radius 2 is 2.15 bits per heavy atom. The van der Waals surface area contributed by atoms with E-state index in [2.05, 4.69) is 23.7 Å². The van der Waals surface area contributed by atoms with Gasteiger partial charge in [-0.2, -0.15) is 0 Å². The van der Waals surface area contributed by atoms with E-state index in [1.807, 2.05) is 17.7 Å². The summed E-state index contributed by atoms with van der Waals surface area (Å²) in [6.45, 7) is 0. The van der Waals surface area contributed by atoms with Gasteiger partial charge in [-0.15, -0.1) is 0 Å². The first-order chi connectivity index (χ1) is 6.45. The van der Waals surface area contributed by atoms with Crippen molar-refractivity contribution in [3.05, 3.63) is 47.2 Å². The molecule has 0 unspecified atom stereocenters. The van der Waals surface area contributed by atoms with Crippen LogP contribution in [0.25, 0.3) is 5.57 Å². The lowest BCUT2D eigenvalue weighted by Crippen LogP contribution is -1.97. The zero-order chi connectivity index (χ0) is 8.67. The highest BCUT2D eigenvalue weighted by molar-refractivity contribution is 8.02. The summed E-state index contributed by atoms with van der Waals surface area (Å²) < 4.78 is 0. The van der Waals surface area contributed by atoms with Crippen LogP contribution in [0.3, 0.4) is 0 Å². The molecule has 1 aromatic carbocycles. The quantitative estimate of drug-likeness (QED) is 0.677. The minimum absolute atomic E-state index is 0.920. The van der Waals surface area contributed by atoms with Crippen molar-refractivity contribution in [2.45, 2.75) is 4.90 Å². The van der Waals surface area contributed by atoms with Gasteiger partial charge in [-0.1, -0.05) is 30.0 Å². The van der Waals surface area contributed by atoms with Crippen molar-refractivity contribution in [2.24, 2.45) is 0 Å². The number of fused-ring (bicyclic) bond motifs is 3. The molecule has 13 heavy (non-hydrogen) atoms. The van der Waals surface area contributed by atoms with Crippen molar-refractivity contribution in [2.75, 3.05) is 0 Å². The third kappa shape index (κ3) is 0.971. The molecular formula is C10H7NOS. The second-order valence-electron chi connectivity index (χ2n) is 2.87. The van der Waals surface area contributed by atoms with Crippen LogP contribution in [0.5, 0.6) is 0 Å². The normalized spacial score (nSPS) is 17.5. The van der Waals surface area contributed by atoms with Gasteiger partial charge in [-0.3, -0.25) is 0 Å². The fourth-order valence-corrected chi connectivity index (χ4v) is 2.36. The largest absolute Gasteiger partial charge is 0.381 e. The fraction of sp³-hybridized carbons (Fsp3) is 0. The maximum atomic E-state index is 5.21. The monoisotopic (exact) mass is 189 g/mol. The van der Waals surface area contributed by atoms with Crippen LogP contribution in [0.2, 0.25) is 0 Å². The number of hydrogen-bond donors (Lipinski definition) is 1. The minimum atomic E-state index is 0.920. The van der Waals surface area contributed by atoms with Gasteiger partial charge >= 0.3 is 0 Å². The molecule has 0 saturated carbocycles. The first-order valence-corrected chi connectivity index (χ1v) is 4.92. The van der Waals surface area contributed by atoms with Crippen molar-refractivity contribution in [3.63, 3.8) is 0 Å². The molecule has 0 atom stereocenters. The Kier molecular flexibility index (Phi) is 1.40. The van der Waals surface area contributed by atoms with Crippen molar-refractivity contribution < 1.29 is 4.84 Å². The summed E-state index contributed by atoms with van der Waals surface area (Å²) in [5.41, 5.74) is 5.15. The van der Waals surface area contributed by atoms with Crippen LogP contribution < -0.4 is 5.48 Å². The van der Waals surface area contributed by atoms with Crippen LogP contribution in [0.1, 0.15) is 5.56 Å². The van der Waals surface area contributed by atoms with Gasteiger partial charge in [0.25, 0.3) is 0 Å². The standard InChI is InChI=1S/C10H7NOS/c1-2-4-10-7(3-1)8-5-11-12-9(8)6-13-10/h1-6,11H. The molecule has 0 aliphatic carbocycles. The van der Waals surface area contributed by atoms with E-state index < -0.39 is 0 Å². The maximum absolute atomic E-state index is 5.21. The second kappa shape index (κ2) is 2.57. The fourth-order valence-electron chi connectivity index (χ4n) is 1.48. The van der Waals surface area contributed by atoms with E-state index in [-0.39, 0.29) is 0 Å². The minimum Gasteiger partial charge on any atom is -0.381 e. The van der Waals surface area contributed by atoms with E-state index in [0.29, 0.717) is 0 Å². The topological polar surface area (TPSA) is 21.3 Å². The number of hydrogen-bond acceptors (Lipinski definition) is 3. The molecule has 1 N–H and O–H groups in total. The van der Waals surface area contributed by atoms with Crippen LogP contribution in [-0.4, -0.2) is 0 Å². The molecule has 3 rings (SSSR count). The molecule has 2 heterocycles. The van der Waals surface area contributed by atoms with Gasteiger partial charge in [-0.05, 0) is 6.07 Å². The molecule has 2 aliphatic rings. The van der Waals surface area contributed by atoms with Crippen LogP contribution in [0.15, 0.2) is 46.5 Å². The molecule has 0 amide bonds. The summed E-state index contributed by atoms with van der Waals surface area (Å²) in [4.78, 5) is 6.49. The lowest BCUT2D eigenvalue weighted by atomic mass is 10.1. The average Bonchev–Trinajstić information content (AvgIpc) is 2.65. The van der Waals surface area contributed by atoms with E-state index >= 15 is 0 Å². The number of hydroxylamine groups is 1. The molecule has 0 spiro atoms. The van der Waals surface area contributed by atoms with Crippen molar-refractivity contribution in [1.82, 2.24) is 5.48 Å². The average molecular weight is 189 g/mol. The zero-order valence-corrected chi connectivity index (χ0v) is 7.60. The molecule has 1 aromatic rings. The molecule has 0 radical (unpaired) electrons. The maximum Gasteiger partial charge on any atom is 0.171 e. The van der Waals surface area contributed by atoms with Gasteiger partial charge < -0.3 is 4.84 Å². The SMILES string of the molecule is C1=C2ONC=C2c2ccccc2S1. The lowest BCUT2D eigenvalue weighted by Gasteiger charge is -2.12. The Hall–Kier alpha value is -1.35. The summed E-state index contributed by atoms with van der Waals surface area (Å²) in [7, 11) is 0. The number of benzene rings is 1. The third-order valence-corrected chi connectivity index (χ3v) is 3.05. The second-order valence-corrected chi connectivity index (χ2v) is 3.79. The van der Waals surface area contributed by atoms with Crippen molar-refractivity contribution >= 4 is 17.3 Å². The molecule has 0 fully saturated rings. The lowest BCUT2D eigenvalue weighted by molar-refractivity contribution is 0.173. The first-order valence-electron chi connectivity index (χ1n) is 4.04. The van der Waals surface area contributed by atoms with Gasteiger partial charge in [0.2, 0.25) is 0 Å². The van der Waals surface area contributed by atoms with E-state index in [1.165, 1.54) is 10.5 Å². The first kappa shape index (κ1) is 7.09. The number of rotatable bonds is 0. The summed E-state index contributed by atoms with van der Waals surface area (Å²) >= 11 is 1.70. The smallest absolute Gasteiger partial charge is 0.171 e. The Morgan fingerprint density at radius 3 is 3.15 bits per heavy atom. The summed E-state index contributed by atoms with van der Waals surface area (Å²) in [6, 6.07) is 8.32. The zero-order valence-electron chi connectivity index (χ0n) is 6.78. The van der Waals surface area contributed by atoms with Crippen molar-refractivity contribution in [1.29, 1.82) is 0 Å². The number of allylic oxidation sites excluding steroid dienone is 1. The third-order valence-electron chi connectivity index (χ3n) is 2.11. The molecule has 0 bridgehead atoms. The molecule has 2 nitrogen and oxygen atoms in total. The van der Waals surface area contributed by atoms with E-state index in [0.717, 1.165) is 11.3 Å².